The molecule has 1 aliphatic carbocycles. The lowest BCUT2D eigenvalue weighted by atomic mass is 9.67. The van der Waals surface area contributed by atoms with Crippen molar-refractivity contribution >= 4 is 21.9 Å². The number of benzene rings is 8. The Morgan fingerprint density at radius 1 is 0.391 bits per heavy atom. The molecule has 0 unspecified atom stereocenters. The van der Waals surface area contributed by atoms with Crippen LogP contribution in [0.3, 0.4) is 0 Å². The molecule has 10 aromatic rings. The maximum Gasteiger partial charge on any atom is 0.160 e. The number of hydrogen-bond acceptors (Lipinski definition) is 3. The van der Waals surface area contributed by atoms with E-state index in [0.29, 0.717) is 5.82 Å². The Hall–Kier alpha value is -7.36. The average Bonchev–Trinajstić information content (AvgIpc) is 3.85. The normalized spacial score (nSPS) is 13.3. The summed E-state index contributed by atoms with van der Waals surface area (Å²) < 4.78 is 6.91. The van der Waals surface area contributed by atoms with Gasteiger partial charge in [-0.25, -0.2) is 9.97 Å². The molecule has 0 saturated heterocycles. The molecule has 0 N–H and O–H groups in total. The summed E-state index contributed by atoms with van der Waals surface area (Å²) in [6.45, 7) is 13.7. The Kier molecular flexibility index (Phi) is 9.18. The van der Waals surface area contributed by atoms with Gasteiger partial charge in [-0.2, -0.15) is 0 Å². The lowest BCUT2D eigenvalue weighted by molar-refractivity contribution is 0.559. The van der Waals surface area contributed by atoms with E-state index < -0.39 is 5.41 Å². The third-order valence-electron chi connectivity index (χ3n) is 13.3. The second-order valence-electron chi connectivity index (χ2n) is 19.4. The van der Waals surface area contributed by atoms with Crippen LogP contribution in [0.4, 0.5) is 0 Å². The Morgan fingerprint density at radius 3 is 1.61 bits per heavy atom. The van der Waals surface area contributed by atoms with Gasteiger partial charge in [0.05, 0.1) is 16.8 Å². The molecule has 0 aliphatic heterocycles. The predicted molar refractivity (Wildman–Crippen MR) is 266 cm³/mol. The molecule has 11 rings (SSSR count). The quantitative estimate of drug-likeness (QED) is 0.168. The van der Waals surface area contributed by atoms with Crippen molar-refractivity contribution in [2.24, 2.45) is 0 Å². The standard InChI is InChI=1S/C61H50N2O/c1-59(2,3)45-36-50-49-27-18-26-46(56(49)64-57(50)53(37-45)60(4,5)6)39-29-31-40(32-30-39)54-38-55(63-58(62-54)41-19-10-7-11-20-41)42-33-34-48-47-25-16-17-28-51(47)61(52(48)35-42,43-21-12-8-13-22-43)44-23-14-9-15-24-44/h7-38H,1-6H3. The monoisotopic (exact) mass is 826 g/mol. The van der Waals surface area contributed by atoms with Crippen molar-refractivity contribution < 1.29 is 4.42 Å². The first-order valence-electron chi connectivity index (χ1n) is 22.4. The van der Waals surface area contributed by atoms with E-state index in [-0.39, 0.29) is 10.8 Å². The predicted octanol–water partition coefficient (Wildman–Crippen LogP) is 16.0. The van der Waals surface area contributed by atoms with Gasteiger partial charge in [0.25, 0.3) is 0 Å². The molecule has 0 saturated carbocycles. The number of aromatic nitrogens is 2. The summed E-state index contributed by atoms with van der Waals surface area (Å²) >= 11 is 0. The average molecular weight is 827 g/mol. The van der Waals surface area contributed by atoms with Crippen LogP contribution in [0.5, 0.6) is 0 Å². The lowest BCUT2D eigenvalue weighted by Gasteiger charge is -2.34. The van der Waals surface area contributed by atoms with Crippen LogP contribution in [0.2, 0.25) is 0 Å². The maximum absolute atomic E-state index is 6.91. The molecule has 0 bridgehead atoms. The van der Waals surface area contributed by atoms with Gasteiger partial charge in [-0.15, -0.1) is 0 Å². The van der Waals surface area contributed by atoms with Crippen molar-refractivity contribution in [3.05, 3.63) is 228 Å². The molecule has 0 amide bonds. The van der Waals surface area contributed by atoms with Gasteiger partial charge in [-0.3, -0.25) is 0 Å². The second-order valence-corrected chi connectivity index (χ2v) is 19.4. The zero-order chi connectivity index (χ0) is 43.8. The summed E-state index contributed by atoms with van der Waals surface area (Å²) in [4.78, 5) is 10.5. The van der Waals surface area contributed by atoms with Gasteiger partial charge in [-0.1, -0.05) is 217 Å². The zero-order valence-electron chi connectivity index (χ0n) is 37.3. The largest absolute Gasteiger partial charge is 0.455 e. The van der Waals surface area contributed by atoms with Crippen molar-refractivity contribution in [2.45, 2.75) is 57.8 Å². The number of rotatable bonds is 6. The third kappa shape index (κ3) is 6.41. The van der Waals surface area contributed by atoms with E-state index in [4.69, 9.17) is 14.4 Å². The third-order valence-corrected chi connectivity index (χ3v) is 13.3. The molecule has 64 heavy (non-hydrogen) atoms. The fourth-order valence-corrected chi connectivity index (χ4v) is 10.0. The van der Waals surface area contributed by atoms with Crippen LogP contribution in [-0.2, 0) is 16.2 Å². The summed E-state index contributed by atoms with van der Waals surface area (Å²) in [6.07, 6.45) is 0. The molecular weight excluding hydrogens is 777 g/mol. The minimum atomic E-state index is -0.510. The highest BCUT2D eigenvalue weighted by atomic mass is 16.3. The van der Waals surface area contributed by atoms with Crippen LogP contribution in [0.1, 0.15) is 74.9 Å². The van der Waals surface area contributed by atoms with E-state index in [1.165, 1.54) is 49.9 Å². The smallest absolute Gasteiger partial charge is 0.160 e. The van der Waals surface area contributed by atoms with Crippen LogP contribution in [0.25, 0.3) is 78.1 Å². The summed E-state index contributed by atoms with van der Waals surface area (Å²) in [6, 6.07) is 70.1. The van der Waals surface area contributed by atoms with Gasteiger partial charge < -0.3 is 4.42 Å². The van der Waals surface area contributed by atoms with E-state index in [1.54, 1.807) is 0 Å². The zero-order valence-corrected chi connectivity index (χ0v) is 37.3. The van der Waals surface area contributed by atoms with Crippen molar-refractivity contribution in [1.82, 2.24) is 9.97 Å². The highest BCUT2D eigenvalue weighted by Crippen LogP contribution is 2.56. The Balaban J connectivity index is 1.05. The Labute approximate surface area is 376 Å². The molecule has 0 spiro atoms. The highest BCUT2D eigenvalue weighted by molar-refractivity contribution is 6.11. The Morgan fingerprint density at radius 2 is 0.953 bits per heavy atom. The minimum Gasteiger partial charge on any atom is -0.455 e. The molecule has 2 heterocycles. The summed E-state index contributed by atoms with van der Waals surface area (Å²) in [5, 5.41) is 2.31. The fourth-order valence-electron chi connectivity index (χ4n) is 10.0. The molecule has 0 fully saturated rings. The molecule has 310 valence electrons. The number of para-hydroxylation sites is 1. The molecule has 8 aromatic carbocycles. The SMILES string of the molecule is CC(C)(C)c1cc(C(C)(C)C)c2oc3c(-c4ccc(-c5cc(-c6ccc7c(c6)C(c6ccccc6)(c6ccccc6)c6ccccc6-7)nc(-c6ccccc6)n5)cc4)cccc3c2c1. The molecule has 3 nitrogen and oxygen atoms in total. The van der Waals surface area contributed by atoms with Gasteiger partial charge in [0.15, 0.2) is 5.82 Å². The van der Waals surface area contributed by atoms with E-state index in [9.17, 15) is 0 Å². The first-order valence-corrected chi connectivity index (χ1v) is 22.4. The van der Waals surface area contributed by atoms with Gasteiger partial charge in [0.1, 0.15) is 11.2 Å². The summed E-state index contributed by atoms with van der Waals surface area (Å²) in [5.74, 6) is 0.690. The molecule has 3 heteroatoms. The molecule has 2 aromatic heterocycles. The van der Waals surface area contributed by atoms with E-state index in [1.807, 2.05) is 18.2 Å². The van der Waals surface area contributed by atoms with Gasteiger partial charge in [0.2, 0.25) is 0 Å². The topological polar surface area (TPSA) is 38.9 Å². The Bertz CT molecular complexity index is 3330. The van der Waals surface area contributed by atoms with E-state index in [2.05, 4.69) is 217 Å². The van der Waals surface area contributed by atoms with Crippen molar-refractivity contribution in [2.75, 3.05) is 0 Å². The van der Waals surface area contributed by atoms with Crippen molar-refractivity contribution in [3.63, 3.8) is 0 Å². The van der Waals surface area contributed by atoms with E-state index >= 15 is 0 Å². The summed E-state index contributed by atoms with van der Waals surface area (Å²) in [5.41, 5.74) is 18.3. The van der Waals surface area contributed by atoms with Gasteiger partial charge >= 0.3 is 0 Å². The summed E-state index contributed by atoms with van der Waals surface area (Å²) in [7, 11) is 0. The van der Waals surface area contributed by atoms with Crippen LogP contribution in [0.15, 0.2) is 199 Å². The number of hydrogen-bond donors (Lipinski definition) is 0. The first kappa shape index (κ1) is 39.5. The first-order chi connectivity index (χ1) is 31.0. The fraction of sp³-hybridized carbons (Fsp3) is 0.148. The number of fused-ring (bicyclic) bond motifs is 6. The van der Waals surface area contributed by atoms with Crippen molar-refractivity contribution in [3.8, 4) is 56.2 Å². The highest BCUT2D eigenvalue weighted by Gasteiger charge is 2.46. The molecule has 1 aliphatic rings. The lowest BCUT2D eigenvalue weighted by Crippen LogP contribution is -2.28. The molecule has 0 atom stereocenters. The second kappa shape index (κ2) is 14.9. The number of nitrogens with zero attached hydrogens (tertiary/aromatic N) is 2. The van der Waals surface area contributed by atoms with Gasteiger partial charge in [-0.05, 0) is 73.5 Å². The van der Waals surface area contributed by atoms with Crippen molar-refractivity contribution in [1.29, 1.82) is 0 Å². The van der Waals surface area contributed by atoms with Crippen LogP contribution in [-0.4, -0.2) is 9.97 Å². The minimum absolute atomic E-state index is 0.00771. The number of furan rings is 1. The van der Waals surface area contributed by atoms with E-state index in [0.717, 1.165) is 55.8 Å². The maximum atomic E-state index is 6.91. The molecule has 0 radical (unpaired) electrons. The van der Waals surface area contributed by atoms with Crippen LogP contribution < -0.4 is 0 Å². The van der Waals surface area contributed by atoms with Gasteiger partial charge in [0, 0.05) is 38.6 Å². The van der Waals surface area contributed by atoms with Crippen LogP contribution in [0, 0.1) is 0 Å². The van der Waals surface area contributed by atoms with Crippen LogP contribution >= 0.6 is 0 Å². The molecular formula is C61H50N2O.